The number of fused-ring (bicyclic) bond motifs is 1. The predicted octanol–water partition coefficient (Wildman–Crippen LogP) is 1.29. The lowest BCUT2D eigenvalue weighted by atomic mass is 9.89. The summed E-state index contributed by atoms with van der Waals surface area (Å²) in [5.74, 6) is 1.27. The van der Waals surface area contributed by atoms with Crippen LogP contribution < -0.4 is 10.6 Å². The number of likely N-dealkylation sites (tertiary alicyclic amines) is 1. The number of carbonyl (C=O) groups is 1. The van der Waals surface area contributed by atoms with Crippen molar-refractivity contribution in [2.24, 2.45) is 11.8 Å². The van der Waals surface area contributed by atoms with E-state index in [9.17, 15) is 9.18 Å². The van der Waals surface area contributed by atoms with E-state index in [1.165, 1.54) is 12.5 Å². The SMILES string of the molecule is Cc1ccc(CNC(=O)CN2CCC3CNCC3C2)cc1F. The summed E-state index contributed by atoms with van der Waals surface area (Å²) >= 11 is 0. The van der Waals surface area contributed by atoms with Crippen molar-refractivity contribution in [3.8, 4) is 0 Å². The first-order valence-corrected chi connectivity index (χ1v) is 8.06. The standard InChI is InChI=1S/C17H24FN3O/c1-12-2-3-13(6-16(12)18)7-20-17(22)11-21-5-4-14-8-19-9-15(14)10-21/h2-3,6,14-15,19H,4-5,7-11H2,1H3,(H,20,22). The summed E-state index contributed by atoms with van der Waals surface area (Å²) in [4.78, 5) is 14.3. The van der Waals surface area contributed by atoms with Crippen molar-refractivity contribution in [2.45, 2.75) is 19.9 Å². The van der Waals surface area contributed by atoms with E-state index in [4.69, 9.17) is 0 Å². The van der Waals surface area contributed by atoms with E-state index in [1.807, 2.05) is 6.07 Å². The van der Waals surface area contributed by atoms with E-state index < -0.39 is 0 Å². The molecule has 22 heavy (non-hydrogen) atoms. The van der Waals surface area contributed by atoms with Gasteiger partial charge in [0.2, 0.25) is 5.91 Å². The number of aryl methyl sites for hydroxylation is 1. The fraction of sp³-hybridized carbons (Fsp3) is 0.588. The second-order valence-corrected chi connectivity index (χ2v) is 6.56. The molecule has 0 aromatic heterocycles. The van der Waals surface area contributed by atoms with Gasteiger partial charge in [0.05, 0.1) is 6.54 Å². The van der Waals surface area contributed by atoms with E-state index in [-0.39, 0.29) is 11.7 Å². The monoisotopic (exact) mass is 305 g/mol. The van der Waals surface area contributed by atoms with Gasteiger partial charge < -0.3 is 10.6 Å². The van der Waals surface area contributed by atoms with Gasteiger partial charge in [0.1, 0.15) is 5.82 Å². The van der Waals surface area contributed by atoms with E-state index in [0.717, 1.165) is 37.7 Å². The lowest BCUT2D eigenvalue weighted by Gasteiger charge is -2.33. The average molecular weight is 305 g/mol. The predicted molar refractivity (Wildman–Crippen MR) is 83.9 cm³/mol. The molecule has 0 radical (unpaired) electrons. The lowest BCUT2D eigenvalue weighted by molar-refractivity contribution is -0.122. The van der Waals surface area contributed by atoms with Gasteiger partial charge in [-0.25, -0.2) is 4.39 Å². The third-order valence-electron chi connectivity index (χ3n) is 4.88. The van der Waals surface area contributed by atoms with Crippen LogP contribution >= 0.6 is 0 Å². The molecule has 2 saturated heterocycles. The zero-order chi connectivity index (χ0) is 15.5. The number of halogens is 1. The Kier molecular flexibility index (Phi) is 4.74. The molecule has 0 saturated carbocycles. The first-order valence-electron chi connectivity index (χ1n) is 8.06. The molecule has 0 spiro atoms. The number of amides is 1. The van der Waals surface area contributed by atoms with Gasteiger partial charge >= 0.3 is 0 Å². The van der Waals surface area contributed by atoms with Crippen molar-refractivity contribution in [3.63, 3.8) is 0 Å². The highest BCUT2D eigenvalue weighted by atomic mass is 19.1. The Bertz CT molecular complexity index is 549. The molecule has 0 bridgehead atoms. The summed E-state index contributed by atoms with van der Waals surface area (Å²) < 4.78 is 13.5. The zero-order valence-corrected chi connectivity index (χ0v) is 13.1. The topological polar surface area (TPSA) is 44.4 Å². The molecule has 1 amide bonds. The molecule has 2 aliphatic rings. The van der Waals surface area contributed by atoms with E-state index >= 15 is 0 Å². The highest BCUT2D eigenvalue weighted by molar-refractivity contribution is 5.78. The second kappa shape index (κ2) is 6.75. The number of carbonyl (C=O) groups excluding carboxylic acids is 1. The Labute approximate surface area is 131 Å². The van der Waals surface area contributed by atoms with Crippen LogP contribution in [-0.2, 0) is 11.3 Å². The smallest absolute Gasteiger partial charge is 0.234 e. The molecule has 2 atom stereocenters. The van der Waals surface area contributed by atoms with Crippen molar-refractivity contribution < 1.29 is 9.18 Å². The van der Waals surface area contributed by atoms with Crippen LogP contribution in [0.3, 0.4) is 0 Å². The van der Waals surface area contributed by atoms with Gasteiger partial charge in [-0.2, -0.15) is 0 Å². The fourth-order valence-corrected chi connectivity index (χ4v) is 3.46. The van der Waals surface area contributed by atoms with Crippen molar-refractivity contribution in [2.75, 3.05) is 32.7 Å². The van der Waals surface area contributed by atoms with E-state index in [2.05, 4.69) is 15.5 Å². The van der Waals surface area contributed by atoms with Crippen LogP contribution in [0.15, 0.2) is 18.2 Å². The van der Waals surface area contributed by atoms with Crippen molar-refractivity contribution in [3.05, 3.63) is 35.1 Å². The molecule has 2 fully saturated rings. The Hall–Kier alpha value is -1.46. The van der Waals surface area contributed by atoms with Crippen LogP contribution in [0.4, 0.5) is 4.39 Å². The van der Waals surface area contributed by atoms with Crippen molar-refractivity contribution in [1.82, 2.24) is 15.5 Å². The Morgan fingerprint density at radius 3 is 3.05 bits per heavy atom. The highest BCUT2D eigenvalue weighted by Crippen LogP contribution is 2.26. The molecule has 3 rings (SSSR count). The normalized spacial score (nSPS) is 25.0. The summed E-state index contributed by atoms with van der Waals surface area (Å²) in [7, 11) is 0. The molecule has 4 nitrogen and oxygen atoms in total. The average Bonchev–Trinajstić information content (AvgIpc) is 2.96. The molecule has 2 aliphatic heterocycles. The molecule has 1 aromatic rings. The van der Waals surface area contributed by atoms with Crippen molar-refractivity contribution >= 4 is 5.91 Å². The number of rotatable bonds is 4. The minimum Gasteiger partial charge on any atom is -0.351 e. The van der Waals surface area contributed by atoms with Crippen molar-refractivity contribution in [1.29, 1.82) is 0 Å². The molecule has 2 unspecified atom stereocenters. The molecule has 1 aromatic carbocycles. The minimum atomic E-state index is -0.220. The van der Waals surface area contributed by atoms with Crippen LogP contribution in [0, 0.1) is 24.6 Å². The molecule has 120 valence electrons. The van der Waals surface area contributed by atoms with Gasteiger partial charge in [-0.3, -0.25) is 9.69 Å². The van der Waals surface area contributed by atoms with Crippen LogP contribution in [0.1, 0.15) is 17.5 Å². The maximum atomic E-state index is 13.5. The van der Waals surface area contributed by atoms with Crippen LogP contribution in [-0.4, -0.2) is 43.5 Å². The third kappa shape index (κ3) is 3.65. The van der Waals surface area contributed by atoms with Gasteiger partial charge in [-0.05, 0) is 62.0 Å². The first-order chi connectivity index (χ1) is 10.6. The van der Waals surface area contributed by atoms with Gasteiger partial charge in [-0.1, -0.05) is 12.1 Å². The maximum Gasteiger partial charge on any atom is 0.234 e. The van der Waals surface area contributed by atoms with Gasteiger partial charge in [0, 0.05) is 13.1 Å². The molecular weight excluding hydrogens is 281 g/mol. The number of nitrogens with zero attached hydrogens (tertiary/aromatic N) is 1. The summed E-state index contributed by atoms with van der Waals surface area (Å²) in [6.45, 7) is 6.77. The summed E-state index contributed by atoms with van der Waals surface area (Å²) in [5.41, 5.74) is 1.43. The molecule has 0 aliphatic carbocycles. The second-order valence-electron chi connectivity index (χ2n) is 6.56. The molecule has 5 heteroatoms. The minimum absolute atomic E-state index is 0.0189. The van der Waals surface area contributed by atoms with Crippen LogP contribution in [0.5, 0.6) is 0 Å². The van der Waals surface area contributed by atoms with Crippen LogP contribution in [0.2, 0.25) is 0 Å². The fourth-order valence-electron chi connectivity index (χ4n) is 3.46. The Morgan fingerprint density at radius 1 is 1.41 bits per heavy atom. The van der Waals surface area contributed by atoms with Gasteiger partial charge in [0.25, 0.3) is 0 Å². The first kappa shape index (κ1) is 15.4. The Morgan fingerprint density at radius 2 is 2.23 bits per heavy atom. The molecule has 2 heterocycles. The third-order valence-corrected chi connectivity index (χ3v) is 4.88. The largest absolute Gasteiger partial charge is 0.351 e. The van der Waals surface area contributed by atoms with Crippen LogP contribution in [0.25, 0.3) is 0 Å². The van der Waals surface area contributed by atoms with E-state index in [0.29, 0.717) is 24.6 Å². The summed E-state index contributed by atoms with van der Waals surface area (Å²) in [6.07, 6.45) is 1.17. The highest BCUT2D eigenvalue weighted by Gasteiger charge is 2.33. The Balaban J connectivity index is 1.45. The molecule has 2 N–H and O–H groups in total. The number of benzene rings is 1. The summed E-state index contributed by atoms with van der Waals surface area (Å²) in [6, 6.07) is 5.09. The number of hydrogen-bond acceptors (Lipinski definition) is 3. The number of piperidine rings is 1. The zero-order valence-electron chi connectivity index (χ0n) is 13.1. The maximum absolute atomic E-state index is 13.5. The number of nitrogens with one attached hydrogen (secondary N) is 2. The van der Waals surface area contributed by atoms with Gasteiger partial charge in [-0.15, -0.1) is 0 Å². The lowest BCUT2D eigenvalue weighted by Crippen LogP contribution is -2.45. The molecular formula is C17H24FN3O. The van der Waals surface area contributed by atoms with E-state index in [1.54, 1.807) is 13.0 Å². The quantitative estimate of drug-likeness (QED) is 0.881. The van der Waals surface area contributed by atoms with Gasteiger partial charge in [0.15, 0.2) is 0 Å². The number of hydrogen-bond donors (Lipinski definition) is 2. The summed E-state index contributed by atoms with van der Waals surface area (Å²) in [5, 5.41) is 6.32.